The number of aryl methyl sites for hydroxylation is 1. The maximum Gasteiger partial charge on any atom is 0.460 e. The summed E-state index contributed by atoms with van der Waals surface area (Å²) < 4.78 is 141. The summed E-state index contributed by atoms with van der Waals surface area (Å²) in [6, 6.07) is 1.35. The third kappa shape index (κ3) is 3.75. The van der Waals surface area contributed by atoms with E-state index < -0.39 is 46.6 Å². The maximum absolute atomic E-state index is 13.5. The smallest absolute Gasteiger partial charge is 0.320 e. The number of rotatable bonds is 5. The van der Waals surface area contributed by atoms with Gasteiger partial charge in [-0.15, -0.1) is 0 Å². The molecule has 1 aromatic rings. The van der Waals surface area contributed by atoms with Gasteiger partial charge in [0.25, 0.3) is 0 Å². The van der Waals surface area contributed by atoms with Gasteiger partial charge >= 0.3 is 35.8 Å². The number of nitrogens with one attached hydrogen (secondary N) is 1. The first-order valence-corrected chi connectivity index (χ1v) is 6.70. The van der Waals surface area contributed by atoms with Crippen LogP contribution in [-0.2, 0) is 4.79 Å². The minimum atomic E-state index is -7.66. The number of nitrogens with zero attached hydrogens (tertiary/aromatic N) is 1. The summed E-state index contributed by atoms with van der Waals surface area (Å²) in [6.07, 6.45) is -7.30. The van der Waals surface area contributed by atoms with Crippen molar-refractivity contribution < 1.29 is 53.1 Å². The van der Waals surface area contributed by atoms with Crippen molar-refractivity contribution in [3.8, 4) is 0 Å². The van der Waals surface area contributed by atoms with Gasteiger partial charge in [0.15, 0.2) is 0 Å². The van der Waals surface area contributed by atoms with E-state index in [1.807, 2.05) is 0 Å². The molecule has 0 fully saturated rings. The van der Waals surface area contributed by atoms with Gasteiger partial charge in [-0.1, -0.05) is 11.6 Å². The summed E-state index contributed by atoms with van der Waals surface area (Å²) in [5.41, 5.74) is -0.847. The predicted octanol–water partition coefficient (Wildman–Crippen LogP) is 5.09. The Labute approximate surface area is 147 Å². The number of carbonyl (C=O) groups is 1. The molecule has 0 unspecified atom stereocenters. The highest BCUT2D eigenvalue weighted by Crippen LogP contribution is 2.57. The Bertz CT molecular complexity index is 712. The molecule has 0 bridgehead atoms. The largest absolute Gasteiger partial charge is 0.460 e. The third-order valence-electron chi connectivity index (χ3n) is 3.00. The number of anilines is 1. The fraction of sp³-hybridized carbons (Fsp3) is 0.500. The van der Waals surface area contributed by atoms with Gasteiger partial charge in [0.1, 0.15) is 5.15 Å². The first-order valence-electron chi connectivity index (χ1n) is 6.32. The lowest BCUT2D eigenvalue weighted by molar-refractivity contribution is -0.416. The second kappa shape index (κ2) is 6.63. The topological polar surface area (TPSA) is 42.0 Å². The van der Waals surface area contributed by atoms with Gasteiger partial charge in [-0.2, -0.15) is 48.3 Å². The minimum absolute atomic E-state index is 0.0678. The van der Waals surface area contributed by atoms with Gasteiger partial charge in [-0.3, -0.25) is 4.79 Å². The molecule has 3 nitrogen and oxygen atoms in total. The van der Waals surface area contributed by atoms with Crippen LogP contribution >= 0.6 is 11.6 Å². The van der Waals surface area contributed by atoms with E-state index in [1.165, 1.54) is 6.92 Å². The molecule has 0 saturated heterocycles. The molecule has 1 amide bonds. The van der Waals surface area contributed by atoms with Crippen LogP contribution in [0.15, 0.2) is 12.1 Å². The summed E-state index contributed by atoms with van der Waals surface area (Å²) >= 11 is 5.38. The quantitative estimate of drug-likeness (QED) is 0.514. The summed E-state index contributed by atoms with van der Waals surface area (Å²) in [4.78, 5) is 14.7. The Morgan fingerprint density at radius 1 is 0.889 bits per heavy atom. The monoisotopic (exact) mass is 438 g/mol. The van der Waals surface area contributed by atoms with Crippen LogP contribution in [0.3, 0.4) is 0 Å². The second-order valence-electron chi connectivity index (χ2n) is 5.07. The molecule has 0 aliphatic carbocycles. The summed E-state index contributed by atoms with van der Waals surface area (Å²) in [5.74, 6) is -32.6. The Balaban J connectivity index is 3.31. The number of halogens is 12. The highest BCUT2D eigenvalue weighted by molar-refractivity contribution is 6.29. The summed E-state index contributed by atoms with van der Waals surface area (Å²) in [6.45, 7) is 1.19. The molecule has 0 saturated carbocycles. The zero-order valence-corrected chi connectivity index (χ0v) is 13.3. The van der Waals surface area contributed by atoms with Crippen molar-refractivity contribution in [2.24, 2.45) is 0 Å². The average Bonchev–Trinajstić information content (AvgIpc) is 2.44. The number of alkyl halides is 11. The van der Waals surface area contributed by atoms with E-state index in [1.54, 1.807) is 0 Å². The van der Waals surface area contributed by atoms with Crippen LogP contribution in [0.1, 0.15) is 5.69 Å². The predicted molar refractivity (Wildman–Crippen MR) is 68.5 cm³/mol. The van der Waals surface area contributed by atoms with E-state index >= 15 is 0 Å². The molecule has 0 aliphatic rings. The Morgan fingerprint density at radius 3 is 1.78 bits per heavy atom. The molecule has 1 N–H and O–H groups in total. The number of hydrogen-bond acceptors (Lipinski definition) is 2. The first-order chi connectivity index (χ1) is 11.8. The molecular formula is C12H6ClF11N2O. The van der Waals surface area contributed by atoms with Crippen molar-refractivity contribution in [1.29, 1.82) is 0 Å². The van der Waals surface area contributed by atoms with Crippen LogP contribution in [0.5, 0.6) is 0 Å². The number of pyridine rings is 1. The van der Waals surface area contributed by atoms with Crippen molar-refractivity contribution in [2.45, 2.75) is 36.8 Å². The fourth-order valence-corrected chi connectivity index (χ4v) is 1.88. The van der Waals surface area contributed by atoms with E-state index in [4.69, 9.17) is 11.6 Å². The van der Waals surface area contributed by atoms with Gasteiger partial charge in [0, 0.05) is 11.4 Å². The molecule has 1 heterocycles. The van der Waals surface area contributed by atoms with Gasteiger partial charge in [0.2, 0.25) is 0 Å². The van der Waals surface area contributed by atoms with Gasteiger partial charge in [-0.05, 0) is 19.1 Å². The molecular weight excluding hydrogens is 433 g/mol. The van der Waals surface area contributed by atoms with Crippen LogP contribution in [0, 0.1) is 6.92 Å². The van der Waals surface area contributed by atoms with E-state index in [0.717, 1.165) is 11.4 Å². The summed E-state index contributed by atoms with van der Waals surface area (Å²) in [7, 11) is 0. The summed E-state index contributed by atoms with van der Waals surface area (Å²) in [5, 5.41) is 0.516. The van der Waals surface area contributed by atoms with Crippen LogP contribution < -0.4 is 5.32 Å². The Kier molecular flexibility index (Phi) is 5.70. The Morgan fingerprint density at radius 2 is 1.37 bits per heavy atom. The standard InChI is InChI=1S/C12H6ClF11N2O/c1-4-2-5(3-6(13)25-4)26-7(27)8(14,15)9(16,17)10(18,19)11(20,21)12(22,23)24/h2-3H,1H3,(H,25,26,27). The van der Waals surface area contributed by atoms with Crippen molar-refractivity contribution in [1.82, 2.24) is 4.98 Å². The molecule has 0 atom stereocenters. The van der Waals surface area contributed by atoms with E-state index in [2.05, 4.69) is 4.98 Å². The number of carbonyl (C=O) groups excluding carboxylic acids is 1. The highest BCUT2D eigenvalue weighted by atomic mass is 35.5. The lowest BCUT2D eigenvalue weighted by atomic mass is 9.97. The first kappa shape index (κ1) is 23.2. The molecule has 15 heteroatoms. The molecule has 0 aromatic carbocycles. The maximum atomic E-state index is 13.5. The van der Waals surface area contributed by atoms with Crippen LogP contribution in [0.25, 0.3) is 0 Å². The van der Waals surface area contributed by atoms with E-state index in [0.29, 0.717) is 6.07 Å². The molecule has 1 aromatic heterocycles. The van der Waals surface area contributed by atoms with E-state index in [-0.39, 0.29) is 5.69 Å². The zero-order chi connectivity index (χ0) is 21.6. The van der Waals surface area contributed by atoms with Crippen LogP contribution in [0.2, 0.25) is 5.15 Å². The molecule has 27 heavy (non-hydrogen) atoms. The fourth-order valence-electron chi connectivity index (χ4n) is 1.62. The SMILES string of the molecule is Cc1cc(NC(=O)C(F)(F)C(F)(F)C(F)(F)C(F)(F)C(F)(F)F)cc(Cl)n1. The lowest BCUT2D eigenvalue weighted by Gasteiger charge is -2.36. The van der Waals surface area contributed by atoms with Crippen molar-refractivity contribution >= 4 is 23.2 Å². The van der Waals surface area contributed by atoms with Crippen molar-refractivity contribution in [3.05, 3.63) is 23.0 Å². The van der Waals surface area contributed by atoms with E-state index in [9.17, 15) is 53.1 Å². The highest BCUT2D eigenvalue weighted by Gasteiger charge is 2.88. The number of amides is 1. The molecule has 154 valence electrons. The van der Waals surface area contributed by atoms with Gasteiger partial charge in [0.05, 0.1) is 0 Å². The normalized spacial score (nSPS) is 14.3. The van der Waals surface area contributed by atoms with Crippen LogP contribution in [-0.4, -0.2) is 40.8 Å². The minimum Gasteiger partial charge on any atom is -0.320 e. The van der Waals surface area contributed by atoms with Crippen LogP contribution in [0.4, 0.5) is 54.0 Å². The zero-order valence-electron chi connectivity index (χ0n) is 12.5. The molecule has 0 spiro atoms. The molecule has 1 rings (SSSR count). The van der Waals surface area contributed by atoms with Gasteiger partial charge < -0.3 is 5.32 Å². The number of aromatic nitrogens is 1. The van der Waals surface area contributed by atoms with Crippen molar-refractivity contribution in [2.75, 3.05) is 5.32 Å². The molecule has 0 radical (unpaired) electrons. The number of hydrogen-bond donors (Lipinski definition) is 1. The van der Waals surface area contributed by atoms with Gasteiger partial charge in [-0.25, -0.2) is 4.98 Å². The molecule has 0 aliphatic heterocycles. The lowest BCUT2D eigenvalue weighted by Crippen LogP contribution is -2.68. The third-order valence-corrected chi connectivity index (χ3v) is 3.20. The second-order valence-corrected chi connectivity index (χ2v) is 5.46. The van der Waals surface area contributed by atoms with Crippen molar-refractivity contribution in [3.63, 3.8) is 0 Å². The Hall–Kier alpha value is -1.86. The average molecular weight is 439 g/mol.